The molecule has 8 nitrogen and oxygen atoms in total. The summed E-state index contributed by atoms with van der Waals surface area (Å²) in [5.74, 6) is 2.95. The Kier molecular flexibility index (Phi) is 9.01. The van der Waals surface area contributed by atoms with E-state index < -0.39 is 0 Å². The maximum Gasteiger partial charge on any atom is 0.223 e. The molecule has 1 heterocycles. The summed E-state index contributed by atoms with van der Waals surface area (Å²) in [5.41, 5.74) is 0.756. The number of fused-ring (bicyclic) bond motifs is 2. The molecule has 2 spiro atoms. The Morgan fingerprint density at radius 2 is 1.81 bits per heavy atom. The Hall–Kier alpha value is -1.06. The van der Waals surface area contributed by atoms with Gasteiger partial charge in [0, 0.05) is 32.0 Å². The minimum Gasteiger partial charge on any atom is -0.393 e. The normalized spacial score (nSPS) is 46.4. The number of nitrogens with one attached hydrogen (secondary N) is 1. The van der Waals surface area contributed by atoms with Gasteiger partial charge in [-0.25, -0.2) is 0 Å². The number of carbonyl (C=O) groups excluding carboxylic acids is 2. The zero-order valence-corrected chi connectivity index (χ0v) is 30.2. The first-order valence-corrected chi connectivity index (χ1v) is 19.3. The van der Waals surface area contributed by atoms with E-state index in [0.29, 0.717) is 79.6 Å². The third-order valence-electron chi connectivity index (χ3n) is 16.3. The zero-order valence-electron chi connectivity index (χ0n) is 30.2. The summed E-state index contributed by atoms with van der Waals surface area (Å²) in [5, 5.41) is 15.3. The second-order valence-corrected chi connectivity index (χ2v) is 18.4. The smallest absolute Gasteiger partial charge is 0.223 e. The number of hydrogen-bond acceptors (Lipinski definition) is 7. The Balaban J connectivity index is 1.04. The second-order valence-electron chi connectivity index (χ2n) is 18.4. The zero-order chi connectivity index (χ0) is 33.4. The Bertz CT molecular complexity index is 1190. The van der Waals surface area contributed by atoms with E-state index in [1.165, 1.54) is 51.4 Å². The molecule has 8 heteroatoms. The first-order chi connectivity index (χ1) is 22.4. The van der Waals surface area contributed by atoms with E-state index in [2.05, 4.69) is 39.9 Å². The van der Waals surface area contributed by atoms with E-state index in [-0.39, 0.29) is 46.8 Å². The Labute approximate surface area is 283 Å². The molecule has 47 heavy (non-hydrogen) atoms. The van der Waals surface area contributed by atoms with Crippen LogP contribution in [0.25, 0.3) is 0 Å². The van der Waals surface area contributed by atoms with Crippen molar-refractivity contribution in [3.05, 3.63) is 0 Å². The van der Waals surface area contributed by atoms with E-state index in [0.717, 1.165) is 25.5 Å². The molecule has 6 unspecified atom stereocenters. The predicted molar refractivity (Wildman–Crippen MR) is 180 cm³/mol. The molecule has 12 atom stereocenters. The van der Waals surface area contributed by atoms with Gasteiger partial charge in [0.2, 0.25) is 5.91 Å². The molecule has 0 aromatic rings. The molecular weight excluding hydrogens is 592 g/mol. The predicted octanol–water partition coefficient (Wildman–Crippen LogP) is 5.60. The highest BCUT2D eigenvalue weighted by Crippen LogP contribution is 2.89. The van der Waals surface area contributed by atoms with Crippen LogP contribution in [0.15, 0.2) is 0 Å². The van der Waals surface area contributed by atoms with Gasteiger partial charge in [-0.05, 0) is 122 Å². The van der Waals surface area contributed by atoms with Crippen molar-refractivity contribution in [2.45, 2.75) is 136 Å². The van der Waals surface area contributed by atoms with Gasteiger partial charge in [0.1, 0.15) is 6.29 Å². The fourth-order valence-electron chi connectivity index (χ4n) is 13.5. The molecule has 6 saturated carbocycles. The van der Waals surface area contributed by atoms with Gasteiger partial charge < -0.3 is 34.3 Å². The molecule has 7 aliphatic rings. The van der Waals surface area contributed by atoms with Crippen LogP contribution < -0.4 is 5.32 Å². The maximum atomic E-state index is 12.9. The van der Waals surface area contributed by atoms with Crippen molar-refractivity contribution < 1.29 is 28.9 Å². The largest absolute Gasteiger partial charge is 0.393 e. The average molecular weight is 657 g/mol. The lowest BCUT2D eigenvalue weighted by Crippen LogP contribution is -2.60. The van der Waals surface area contributed by atoms with Gasteiger partial charge in [-0.2, -0.15) is 0 Å². The number of nitrogens with zero attached hydrogens (tertiary/aromatic N) is 1. The summed E-state index contributed by atoms with van der Waals surface area (Å²) < 4.78 is 18.8. The number of ether oxygens (including phenoxy) is 3. The standard InChI is InChI=1S/C39H64N2O6/c1-25(19-27(45-6)22-40-15-17-42)28-21-31(43)37(5)30-10-9-29-35(2,3)32(11-12-38(29)24-39(30,38)14-13-36(28,37)4)47-34-23-41(16-18-46-34)33(44)20-26-7-8-26/h17,25-32,34,40,43H,7-16,18-24H2,1-6H3/t25-,27?,28-,29+,30?,31+,32?,34+,36?,37-,38?,39?/m1/s1. The van der Waals surface area contributed by atoms with Crippen molar-refractivity contribution in [3.63, 3.8) is 0 Å². The van der Waals surface area contributed by atoms with Gasteiger partial charge in [-0.15, -0.1) is 0 Å². The summed E-state index contributed by atoms with van der Waals surface area (Å²) in [6, 6.07) is 0. The van der Waals surface area contributed by atoms with Crippen LogP contribution in [0.1, 0.15) is 112 Å². The van der Waals surface area contributed by atoms with Crippen molar-refractivity contribution >= 4 is 12.2 Å². The first kappa shape index (κ1) is 34.4. The van der Waals surface area contributed by atoms with E-state index in [1.54, 1.807) is 7.11 Å². The van der Waals surface area contributed by atoms with Crippen LogP contribution in [0.5, 0.6) is 0 Å². The number of amides is 1. The molecule has 1 amide bonds. The van der Waals surface area contributed by atoms with Crippen LogP contribution in [0.2, 0.25) is 0 Å². The van der Waals surface area contributed by atoms with Gasteiger partial charge in [0.25, 0.3) is 0 Å². The van der Waals surface area contributed by atoms with Crippen LogP contribution in [-0.4, -0.2) is 86.7 Å². The van der Waals surface area contributed by atoms with Gasteiger partial charge in [0.05, 0.1) is 38.0 Å². The highest BCUT2D eigenvalue weighted by Gasteiger charge is 2.83. The molecule has 7 rings (SSSR count). The van der Waals surface area contributed by atoms with Gasteiger partial charge in [0.15, 0.2) is 6.29 Å². The summed E-state index contributed by atoms with van der Waals surface area (Å²) in [7, 11) is 1.78. The molecule has 6 aliphatic carbocycles. The summed E-state index contributed by atoms with van der Waals surface area (Å²) in [6.45, 7) is 15.2. The molecule has 2 N–H and O–H groups in total. The SMILES string of the molecule is COC(CNCC=O)C[C@@H](C)[C@H]1C[C@H](O)[C@@]2(C)C3CC[C@H]4C(C)(C)C(O[C@H]5CN(C(=O)CC6CC6)CCO5)CCC45CC35CCC12C. The summed E-state index contributed by atoms with van der Waals surface area (Å²) in [6.07, 6.45) is 13.9. The highest BCUT2D eigenvalue weighted by molar-refractivity contribution is 5.76. The fraction of sp³-hybridized carbons (Fsp3) is 0.949. The number of morpholine rings is 1. The van der Waals surface area contributed by atoms with Crippen LogP contribution >= 0.6 is 0 Å². The van der Waals surface area contributed by atoms with E-state index in [1.807, 2.05) is 4.90 Å². The van der Waals surface area contributed by atoms with E-state index >= 15 is 0 Å². The highest BCUT2D eigenvalue weighted by atomic mass is 16.7. The number of aldehydes is 1. The summed E-state index contributed by atoms with van der Waals surface area (Å²) >= 11 is 0. The van der Waals surface area contributed by atoms with Crippen molar-refractivity contribution in [1.82, 2.24) is 10.2 Å². The van der Waals surface area contributed by atoms with Gasteiger partial charge in [-0.3, -0.25) is 4.79 Å². The molecule has 0 aromatic heterocycles. The molecule has 0 aromatic carbocycles. The van der Waals surface area contributed by atoms with Gasteiger partial charge in [-0.1, -0.05) is 34.6 Å². The minimum absolute atomic E-state index is 0.0381. The lowest BCUT2D eigenvalue weighted by Gasteiger charge is -2.64. The van der Waals surface area contributed by atoms with Crippen molar-refractivity contribution in [3.8, 4) is 0 Å². The first-order valence-electron chi connectivity index (χ1n) is 19.3. The number of methoxy groups -OCH3 is 1. The van der Waals surface area contributed by atoms with E-state index in [4.69, 9.17) is 14.2 Å². The maximum absolute atomic E-state index is 12.9. The molecule has 266 valence electrons. The minimum atomic E-state index is -0.324. The fourth-order valence-corrected chi connectivity index (χ4v) is 13.5. The monoisotopic (exact) mass is 656 g/mol. The summed E-state index contributed by atoms with van der Waals surface area (Å²) in [4.78, 5) is 25.7. The topological polar surface area (TPSA) is 97.3 Å². The molecule has 0 bridgehead atoms. The molecule has 7 fully saturated rings. The van der Waals surface area contributed by atoms with Crippen molar-refractivity contribution in [2.75, 3.05) is 39.9 Å². The van der Waals surface area contributed by atoms with E-state index in [9.17, 15) is 14.7 Å². The molecule has 1 aliphatic heterocycles. The third-order valence-corrected chi connectivity index (χ3v) is 16.3. The number of carbonyl (C=O) groups is 2. The lowest BCUT2D eigenvalue weighted by molar-refractivity contribution is -0.248. The lowest BCUT2D eigenvalue weighted by atomic mass is 9.41. The van der Waals surface area contributed by atoms with Crippen LogP contribution in [0.3, 0.4) is 0 Å². The second kappa shape index (κ2) is 12.3. The van der Waals surface area contributed by atoms with Gasteiger partial charge >= 0.3 is 0 Å². The number of rotatable bonds is 12. The Morgan fingerprint density at radius 3 is 2.53 bits per heavy atom. The van der Waals surface area contributed by atoms with Crippen molar-refractivity contribution in [1.29, 1.82) is 0 Å². The van der Waals surface area contributed by atoms with Crippen molar-refractivity contribution in [2.24, 2.45) is 56.7 Å². The van der Waals surface area contributed by atoms with Crippen LogP contribution in [0.4, 0.5) is 0 Å². The molecular formula is C39H64N2O6. The average Bonchev–Trinajstić information content (AvgIpc) is 3.96. The molecule has 1 saturated heterocycles. The van der Waals surface area contributed by atoms with Crippen LogP contribution in [0, 0.1) is 56.7 Å². The number of aliphatic hydroxyl groups is 1. The third kappa shape index (κ3) is 5.31. The molecule has 0 radical (unpaired) electrons. The number of hydrogen-bond donors (Lipinski definition) is 2. The Morgan fingerprint density at radius 1 is 1.06 bits per heavy atom. The number of aliphatic hydroxyl groups excluding tert-OH is 1. The quantitative estimate of drug-likeness (QED) is 0.209. The van der Waals surface area contributed by atoms with Crippen LogP contribution in [-0.2, 0) is 23.8 Å².